The number of aliphatic hydroxyl groups excluding tert-OH is 1. The van der Waals surface area contributed by atoms with Crippen LogP contribution in [0, 0.1) is 0 Å². The molecule has 1 saturated heterocycles. The van der Waals surface area contributed by atoms with E-state index in [1.807, 2.05) is 6.07 Å². The van der Waals surface area contributed by atoms with Crippen LogP contribution in [0.15, 0.2) is 22.2 Å². The Morgan fingerprint density at radius 1 is 0.837 bits per heavy atom. The first-order chi connectivity index (χ1) is 20.8. The number of amides is 2. The van der Waals surface area contributed by atoms with E-state index in [2.05, 4.69) is 30.4 Å². The van der Waals surface area contributed by atoms with E-state index in [9.17, 15) is 9.59 Å². The molecule has 3 N–H and O–H groups in total. The minimum Gasteiger partial charge on any atom is -0.495 e. The first-order valence-electron chi connectivity index (χ1n) is 13.9. The summed E-state index contributed by atoms with van der Waals surface area (Å²) in [7, 11) is 3.09. The van der Waals surface area contributed by atoms with Crippen LogP contribution in [0.25, 0.3) is 0 Å². The number of ether oxygens (including phenoxy) is 5. The van der Waals surface area contributed by atoms with Gasteiger partial charge in [0.05, 0.1) is 60.5 Å². The SMILES string of the molecule is COc1cc(N2CCN(CCOCCOCCOCCO)CC2)nc(OC)c1Sc1nc(NC(C)=O)cc(NC(C)=O)n1. The number of hydrogen-bond acceptors (Lipinski definition) is 14. The van der Waals surface area contributed by atoms with E-state index in [1.165, 1.54) is 27.0 Å². The highest BCUT2D eigenvalue weighted by Gasteiger charge is 2.23. The average molecular weight is 624 g/mol. The molecule has 2 amide bonds. The number of carbonyl (C=O) groups is 2. The van der Waals surface area contributed by atoms with Crippen LogP contribution in [0.3, 0.4) is 0 Å². The summed E-state index contributed by atoms with van der Waals surface area (Å²) in [6, 6.07) is 3.33. The third kappa shape index (κ3) is 11.7. The maximum Gasteiger partial charge on any atom is 0.233 e. The van der Waals surface area contributed by atoms with Crippen molar-refractivity contribution in [2.45, 2.75) is 23.9 Å². The van der Waals surface area contributed by atoms with E-state index in [0.717, 1.165) is 50.3 Å². The van der Waals surface area contributed by atoms with Crippen molar-refractivity contribution in [2.75, 3.05) is 109 Å². The van der Waals surface area contributed by atoms with Crippen LogP contribution in [0.2, 0.25) is 0 Å². The second-order valence-corrected chi connectivity index (χ2v) is 10.3. The molecular formula is C27H41N7O8S. The van der Waals surface area contributed by atoms with Gasteiger partial charge >= 0.3 is 0 Å². The molecule has 0 saturated carbocycles. The van der Waals surface area contributed by atoms with Gasteiger partial charge in [0, 0.05) is 58.7 Å². The van der Waals surface area contributed by atoms with Crippen molar-refractivity contribution in [2.24, 2.45) is 0 Å². The number of methoxy groups -OCH3 is 2. The lowest BCUT2D eigenvalue weighted by molar-refractivity contribution is -0.115. The molecule has 0 atom stereocenters. The zero-order chi connectivity index (χ0) is 31.0. The Morgan fingerprint density at radius 3 is 1.95 bits per heavy atom. The Kier molecular flexibility index (Phi) is 14.6. The number of rotatable bonds is 18. The van der Waals surface area contributed by atoms with E-state index >= 15 is 0 Å². The quantitative estimate of drug-likeness (QED) is 0.159. The van der Waals surface area contributed by atoms with Gasteiger partial charge in [-0.05, 0) is 11.8 Å². The predicted molar refractivity (Wildman–Crippen MR) is 160 cm³/mol. The normalized spacial score (nSPS) is 13.6. The molecule has 1 aliphatic heterocycles. The first-order valence-corrected chi connectivity index (χ1v) is 14.7. The van der Waals surface area contributed by atoms with Gasteiger partial charge in [-0.1, -0.05) is 0 Å². The molecular weight excluding hydrogens is 582 g/mol. The van der Waals surface area contributed by atoms with Gasteiger partial charge in [0.15, 0.2) is 5.16 Å². The van der Waals surface area contributed by atoms with Crippen LogP contribution in [-0.4, -0.2) is 130 Å². The predicted octanol–water partition coefficient (Wildman–Crippen LogP) is 1.12. The van der Waals surface area contributed by atoms with Crippen molar-refractivity contribution in [3.63, 3.8) is 0 Å². The van der Waals surface area contributed by atoms with Gasteiger partial charge < -0.3 is 44.3 Å². The molecule has 15 nitrogen and oxygen atoms in total. The molecule has 238 valence electrons. The monoisotopic (exact) mass is 623 g/mol. The smallest absolute Gasteiger partial charge is 0.233 e. The van der Waals surface area contributed by atoms with Crippen molar-refractivity contribution in [1.82, 2.24) is 19.9 Å². The third-order valence-corrected chi connectivity index (χ3v) is 6.99. The van der Waals surface area contributed by atoms with Crippen LogP contribution in [0.4, 0.5) is 17.5 Å². The first kappa shape index (κ1) is 34.2. The standard InChI is InChI=1S/C27H41N7O8S/c1-19(36)28-22-18-23(29-20(2)37)31-27(30-22)43-25-21(38-3)17-24(32-26(25)39-4)34-7-5-33(6-8-34)9-11-40-13-15-42-16-14-41-12-10-35/h17-18,35H,5-16H2,1-4H3,(H2,28,29,30,31,36,37). The van der Waals surface area contributed by atoms with Crippen molar-refractivity contribution in [3.8, 4) is 11.6 Å². The summed E-state index contributed by atoms with van der Waals surface area (Å²) in [5.74, 6) is 1.47. The second-order valence-electron chi connectivity index (χ2n) is 9.30. The number of aliphatic hydroxyl groups is 1. The van der Waals surface area contributed by atoms with E-state index in [1.54, 1.807) is 7.11 Å². The number of nitrogens with one attached hydrogen (secondary N) is 2. The summed E-state index contributed by atoms with van der Waals surface area (Å²) in [5, 5.41) is 14.2. The van der Waals surface area contributed by atoms with Gasteiger partial charge in [0.25, 0.3) is 0 Å². The van der Waals surface area contributed by atoms with Crippen LogP contribution in [0.5, 0.6) is 11.6 Å². The third-order valence-electron chi connectivity index (χ3n) is 6.04. The Balaban J connectivity index is 1.57. The average Bonchev–Trinajstić information content (AvgIpc) is 2.97. The molecule has 16 heteroatoms. The largest absolute Gasteiger partial charge is 0.495 e. The van der Waals surface area contributed by atoms with Gasteiger partial charge in [0.2, 0.25) is 17.7 Å². The Labute approximate surface area is 255 Å². The molecule has 0 spiro atoms. The maximum atomic E-state index is 11.6. The molecule has 0 unspecified atom stereocenters. The number of carbonyl (C=O) groups excluding carboxylic acids is 2. The van der Waals surface area contributed by atoms with Crippen molar-refractivity contribution < 1.29 is 38.4 Å². The highest BCUT2D eigenvalue weighted by Crippen LogP contribution is 2.42. The minimum atomic E-state index is -0.306. The van der Waals surface area contributed by atoms with E-state index in [4.69, 9.17) is 33.8 Å². The Morgan fingerprint density at radius 2 is 1.42 bits per heavy atom. The van der Waals surface area contributed by atoms with Crippen molar-refractivity contribution in [3.05, 3.63) is 12.1 Å². The minimum absolute atomic E-state index is 0.0135. The fourth-order valence-electron chi connectivity index (χ4n) is 4.07. The second kappa shape index (κ2) is 18.4. The van der Waals surface area contributed by atoms with Crippen LogP contribution in [0.1, 0.15) is 13.8 Å². The highest BCUT2D eigenvalue weighted by molar-refractivity contribution is 7.99. The number of aromatic nitrogens is 3. The molecule has 0 aliphatic carbocycles. The Bertz CT molecular complexity index is 1120. The molecule has 2 aromatic heterocycles. The number of anilines is 3. The van der Waals surface area contributed by atoms with Crippen molar-refractivity contribution >= 4 is 41.0 Å². The molecule has 1 aliphatic rings. The molecule has 3 heterocycles. The fraction of sp³-hybridized carbons (Fsp3) is 0.593. The lowest BCUT2D eigenvalue weighted by atomic mass is 10.3. The molecule has 3 rings (SSSR count). The maximum absolute atomic E-state index is 11.6. The summed E-state index contributed by atoms with van der Waals surface area (Å²) < 4.78 is 27.6. The Hall–Kier alpha value is -3.28. The van der Waals surface area contributed by atoms with Gasteiger partial charge in [0.1, 0.15) is 28.1 Å². The van der Waals surface area contributed by atoms with Crippen LogP contribution >= 0.6 is 11.8 Å². The van der Waals surface area contributed by atoms with Gasteiger partial charge in [-0.15, -0.1) is 0 Å². The lowest BCUT2D eigenvalue weighted by Gasteiger charge is -2.35. The summed E-state index contributed by atoms with van der Waals surface area (Å²) in [5.41, 5.74) is 0. The van der Waals surface area contributed by atoms with E-state index < -0.39 is 0 Å². The molecule has 0 aromatic carbocycles. The number of pyridine rings is 1. The molecule has 43 heavy (non-hydrogen) atoms. The zero-order valence-corrected chi connectivity index (χ0v) is 25.9. The number of hydrogen-bond donors (Lipinski definition) is 3. The summed E-state index contributed by atoms with van der Waals surface area (Å²) >= 11 is 1.15. The molecule has 2 aromatic rings. The summed E-state index contributed by atoms with van der Waals surface area (Å²) in [6.45, 7) is 9.71. The topological polar surface area (TPSA) is 170 Å². The van der Waals surface area contributed by atoms with Crippen LogP contribution < -0.4 is 25.0 Å². The molecule has 0 radical (unpaired) electrons. The highest BCUT2D eigenvalue weighted by atomic mass is 32.2. The summed E-state index contributed by atoms with van der Waals surface area (Å²) in [4.78, 5) is 41.8. The number of piperazine rings is 1. The summed E-state index contributed by atoms with van der Waals surface area (Å²) in [6.07, 6.45) is 0. The molecule has 0 bridgehead atoms. The van der Waals surface area contributed by atoms with E-state index in [0.29, 0.717) is 56.2 Å². The van der Waals surface area contributed by atoms with Gasteiger partial charge in [-0.2, -0.15) is 4.98 Å². The zero-order valence-electron chi connectivity index (χ0n) is 25.1. The lowest BCUT2D eigenvalue weighted by Crippen LogP contribution is -2.47. The van der Waals surface area contributed by atoms with Crippen LogP contribution in [-0.2, 0) is 23.8 Å². The molecule has 1 fully saturated rings. The number of nitrogens with zero attached hydrogens (tertiary/aromatic N) is 5. The van der Waals surface area contributed by atoms with Gasteiger partial charge in [-0.25, -0.2) is 9.97 Å². The fourth-order valence-corrected chi connectivity index (χ4v) is 5.00. The van der Waals surface area contributed by atoms with E-state index in [-0.39, 0.29) is 35.2 Å². The van der Waals surface area contributed by atoms with Crippen molar-refractivity contribution in [1.29, 1.82) is 0 Å². The van der Waals surface area contributed by atoms with Gasteiger partial charge in [-0.3, -0.25) is 14.5 Å².